The third kappa shape index (κ3) is 5.78. The molecule has 7 nitrogen and oxygen atoms in total. The third-order valence-corrected chi connectivity index (χ3v) is 6.42. The lowest BCUT2D eigenvalue weighted by atomic mass is 10.0. The van der Waals surface area contributed by atoms with E-state index in [-0.39, 0.29) is 24.8 Å². The largest absolute Gasteiger partial charge is 0.389 e. The van der Waals surface area contributed by atoms with E-state index in [0.717, 1.165) is 43.4 Å². The lowest BCUT2D eigenvalue weighted by Gasteiger charge is -2.33. The van der Waals surface area contributed by atoms with Gasteiger partial charge < -0.3 is 16.0 Å². The van der Waals surface area contributed by atoms with E-state index in [1.807, 2.05) is 12.1 Å². The number of anilines is 2. The number of nitrogens with one attached hydrogen (secondary N) is 2. The molecule has 1 aromatic carbocycles. The number of alkyl halides is 3. The van der Waals surface area contributed by atoms with E-state index in [1.165, 1.54) is 17.3 Å². The highest BCUT2D eigenvalue weighted by molar-refractivity contribution is 5.85. The number of nitrogens with two attached hydrogens (primary N) is 1. The second-order valence-electron chi connectivity index (χ2n) is 8.87. The number of nitrogen functional groups attached to an aromatic ring is 1. The molecular formula is C24H28F3N7. The van der Waals surface area contributed by atoms with E-state index in [4.69, 9.17) is 11.0 Å². The molecule has 0 unspecified atom stereocenters. The minimum absolute atomic E-state index is 0.00932. The van der Waals surface area contributed by atoms with Gasteiger partial charge in [-0.3, -0.25) is 4.90 Å². The van der Waals surface area contributed by atoms with Crippen LogP contribution in [0.25, 0.3) is 10.9 Å². The van der Waals surface area contributed by atoms with Crippen LogP contribution < -0.4 is 11.1 Å². The van der Waals surface area contributed by atoms with Crippen LogP contribution in [0.1, 0.15) is 48.1 Å². The maximum absolute atomic E-state index is 12.5. The topological polar surface area (TPSA) is 107 Å². The van der Waals surface area contributed by atoms with Crippen molar-refractivity contribution in [1.29, 1.82) is 5.26 Å². The fraction of sp³-hybridized carbons (Fsp3) is 0.458. The molecule has 10 heteroatoms. The molecule has 1 aliphatic rings. The molecule has 0 radical (unpaired) electrons. The number of aromatic amines is 1. The summed E-state index contributed by atoms with van der Waals surface area (Å²) in [7, 11) is 0. The molecule has 34 heavy (non-hydrogen) atoms. The number of fused-ring (bicyclic) bond motifs is 1. The van der Waals surface area contributed by atoms with Crippen LogP contribution in [0, 0.1) is 18.3 Å². The Hall–Kier alpha value is -3.32. The second-order valence-corrected chi connectivity index (χ2v) is 8.87. The Morgan fingerprint density at radius 3 is 2.74 bits per heavy atom. The number of nitrogens with zero attached hydrogens (tertiary/aromatic N) is 4. The van der Waals surface area contributed by atoms with Gasteiger partial charge >= 0.3 is 6.18 Å². The Morgan fingerprint density at radius 2 is 2.03 bits per heavy atom. The van der Waals surface area contributed by atoms with Gasteiger partial charge in [-0.15, -0.1) is 0 Å². The number of rotatable bonds is 7. The summed E-state index contributed by atoms with van der Waals surface area (Å²) in [4.78, 5) is 13.7. The maximum Gasteiger partial charge on any atom is 0.389 e. The molecule has 1 saturated heterocycles. The number of H-pyrrole nitrogens is 1. The zero-order valence-corrected chi connectivity index (χ0v) is 19.0. The van der Waals surface area contributed by atoms with Crippen molar-refractivity contribution >= 4 is 22.7 Å². The highest BCUT2D eigenvalue weighted by Gasteiger charge is 2.27. The maximum atomic E-state index is 12.5. The highest BCUT2D eigenvalue weighted by atomic mass is 19.4. The quantitative estimate of drug-likeness (QED) is 0.462. The van der Waals surface area contributed by atoms with E-state index in [9.17, 15) is 13.2 Å². The van der Waals surface area contributed by atoms with E-state index in [0.29, 0.717) is 17.1 Å². The second kappa shape index (κ2) is 9.89. The van der Waals surface area contributed by atoms with Gasteiger partial charge in [-0.05, 0) is 55.9 Å². The van der Waals surface area contributed by atoms with Crippen LogP contribution in [0.5, 0.6) is 0 Å². The summed E-state index contributed by atoms with van der Waals surface area (Å²) in [6, 6.07) is 8.34. The first-order valence-corrected chi connectivity index (χ1v) is 11.4. The van der Waals surface area contributed by atoms with Gasteiger partial charge in [0.2, 0.25) is 5.95 Å². The molecule has 0 spiro atoms. The summed E-state index contributed by atoms with van der Waals surface area (Å²) < 4.78 is 37.6. The summed E-state index contributed by atoms with van der Waals surface area (Å²) in [5, 5.41) is 13.6. The highest BCUT2D eigenvalue weighted by Crippen LogP contribution is 2.27. The molecular weight excluding hydrogens is 443 g/mol. The normalized spacial score (nSPS) is 15.5. The first kappa shape index (κ1) is 23.8. The van der Waals surface area contributed by atoms with Crippen molar-refractivity contribution in [3.05, 3.63) is 46.8 Å². The molecule has 3 aromatic rings. The number of hydrogen-bond donors (Lipinski definition) is 3. The first-order valence-electron chi connectivity index (χ1n) is 11.4. The predicted octanol–water partition coefficient (Wildman–Crippen LogP) is 4.68. The van der Waals surface area contributed by atoms with Gasteiger partial charge in [0.15, 0.2) is 0 Å². The van der Waals surface area contributed by atoms with Gasteiger partial charge in [-0.1, -0.05) is 6.07 Å². The van der Waals surface area contributed by atoms with Crippen LogP contribution in [0.15, 0.2) is 24.4 Å². The summed E-state index contributed by atoms with van der Waals surface area (Å²) in [6.45, 7) is 4.68. The van der Waals surface area contributed by atoms with Crippen molar-refractivity contribution in [2.24, 2.45) is 0 Å². The molecule has 3 heterocycles. The SMILES string of the molecule is Cc1c(CN2CCC(Nc3nc(N)ncc3CCCC(F)(F)F)CC2)ccc2[nH]c(C#N)cc12. The lowest BCUT2D eigenvalue weighted by Crippen LogP contribution is -2.39. The number of nitriles is 1. The fourth-order valence-electron chi connectivity index (χ4n) is 4.50. The molecule has 4 rings (SSSR count). The minimum atomic E-state index is -4.17. The van der Waals surface area contributed by atoms with Crippen LogP contribution in [0.3, 0.4) is 0 Å². The van der Waals surface area contributed by atoms with Gasteiger partial charge in [-0.25, -0.2) is 4.98 Å². The first-order chi connectivity index (χ1) is 16.2. The van der Waals surface area contributed by atoms with Crippen molar-refractivity contribution in [2.75, 3.05) is 24.1 Å². The Kier molecular flexibility index (Phi) is 6.93. The fourth-order valence-corrected chi connectivity index (χ4v) is 4.50. The monoisotopic (exact) mass is 471 g/mol. The standard InChI is InChI=1S/C24H28F3N7/c1-15-17(4-5-21-20(15)11-19(12-28)31-21)14-34-9-6-18(7-10-34)32-22-16(13-30-23(29)33-22)3-2-8-24(25,26)27/h4-5,11,13,18,31H,2-3,6-10,14H2,1H3,(H3,29,30,32,33). The summed E-state index contributed by atoms with van der Waals surface area (Å²) >= 11 is 0. The Morgan fingerprint density at radius 1 is 1.26 bits per heavy atom. The number of aryl methyl sites for hydroxylation is 2. The smallest absolute Gasteiger partial charge is 0.368 e. The van der Waals surface area contributed by atoms with Crippen molar-refractivity contribution in [3.8, 4) is 6.07 Å². The molecule has 0 saturated carbocycles. The molecule has 0 aliphatic carbocycles. The summed E-state index contributed by atoms with van der Waals surface area (Å²) in [6.07, 6.45) is -1.47. The van der Waals surface area contributed by atoms with Crippen LogP contribution in [0.4, 0.5) is 24.9 Å². The minimum Gasteiger partial charge on any atom is -0.368 e. The Balaban J connectivity index is 1.35. The van der Waals surface area contributed by atoms with Crippen molar-refractivity contribution in [3.63, 3.8) is 0 Å². The van der Waals surface area contributed by atoms with E-state index < -0.39 is 12.6 Å². The van der Waals surface area contributed by atoms with Crippen LogP contribution >= 0.6 is 0 Å². The van der Waals surface area contributed by atoms with Gasteiger partial charge in [0.25, 0.3) is 0 Å². The predicted molar refractivity (Wildman–Crippen MR) is 125 cm³/mol. The zero-order chi connectivity index (χ0) is 24.3. The molecule has 0 amide bonds. The summed E-state index contributed by atoms with van der Waals surface area (Å²) in [5.74, 6) is 0.643. The third-order valence-electron chi connectivity index (χ3n) is 6.42. The van der Waals surface area contributed by atoms with E-state index in [2.05, 4.69) is 44.2 Å². The molecule has 4 N–H and O–H groups in total. The number of likely N-dealkylation sites (tertiary alicyclic amines) is 1. The number of aromatic nitrogens is 3. The lowest BCUT2D eigenvalue weighted by molar-refractivity contribution is -0.135. The average Bonchev–Trinajstić information content (AvgIpc) is 3.22. The van der Waals surface area contributed by atoms with E-state index >= 15 is 0 Å². The molecule has 1 aliphatic heterocycles. The Bertz CT molecular complexity index is 1190. The Labute approximate surface area is 196 Å². The molecule has 0 bridgehead atoms. The summed E-state index contributed by atoms with van der Waals surface area (Å²) in [5.41, 5.74) is 10.3. The molecule has 2 aromatic heterocycles. The van der Waals surface area contributed by atoms with Crippen LogP contribution in [0.2, 0.25) is 0 Å². The number of benzene rings is 1. The van der Waals surface area contributed by atoms with Gasteiger partial charge in [0.1, 0.15) is 17.6 Å². The molecule has 0 atom stereocenters. The van der Waals surface area contributed by atoms with Gasteiger partial charge in [0, 0.05) is 54.8 Å². The number of halogens is 3. The van der Waals surface area contributed by atoms with E-state index in [1.54, 1.807) is 0 Å². The van der Waals surface area contributed by atoms with Crippen molar-refractivity contribution in [1.82, 2.24) is 19.9 Å². The number of piperidine rings is 1. The van der Waals surface area contributed by atoms with Gasteiger partial charge in [-0.2, -0.15) is 23.4 Å². The zero-order valence-electron chi connectivity index (χ0n) is 19.0. The van der Waals surface area contributed by atoms with Crippen molar-refractivity contribution in [2.45, 2.75) is 57.8 Å². The molecule has 180 valence electrons. The van der Waals surface area contributed by atoms with Gasteiger partial charge in [0.05, 0.1) is 0 Å². The number of hydrogen-bond acceptors (Lipinski definition) is 6. The van der Waals surface area contributed by atoms with Crippen molar-refractivity contribution < 1.29 is 13.2 Å². The average molecular weight is 472 g/mol. The van der Waals surface area contributed by atoms with Crippen LogP contribution in [-0.2, 0) is 13.0 Å². The van der Waals surface area contributed by atoms with Crippen LogP contribution in [-0.4, -0.2) is 45.2 Å². The molecule has 1 fully saturated rings.